The minimum absolute atomic E-state index is 0.0758. The third-order valence-electron chi connectivity index (χ3n) is 7.69. The molecule has 0 aromatic heterocycles. The molecule has 1 atom stereocenters. The first kappa shape index (κ1) is 24.4. The van der Waals surface area contributed by atoms with Gasteiger partial charge >= 0.3 is 0 Å². The van der Waals surface area contributed by atoms with Gasteiger partial charge in [-0.25, -0.2) is 4.39 Å². The predicted molar refractivity (Wildman–Crippen MR) is 154 cm³/mol. The second-order valence-electron chi connectivity index (χ2n) is 10.1. The fourth-order valence-electron chi connectivity index (χ4n) is 5.68. The van der Waals surface area contributed by atoms with Crippen molar-refractivity contribution in [2.45, 2.75) is 25.4 Å². The fraction of sp³-hybridized carbons (Fsp3) is 0.200. The average molecular weight is 502 g/mol. The molecule has 1 unspecified atom stereocenters. The smallest absolute Gasteiger partial charge is 0.125 e. The van der Waals surface area contributed by atoms with Crippen LogP contribution in [0.3, 0.4) is 0 Å². The Kier molecular flexibility index (Phi) is 7.19. The summed E-state index contributed by atoms with van der Waals surface area (Å²) in [5.41, 5.74) is 9.38. The van der Waals surface area contributed by atoms with Gasteiger partial charge in [0.25, 0.3) is 0 Å². The van der Waals surface area contributed by atoms with Crippen LogP contribution in [-0.2, 0) is 0 Å². The van der Waals surface area contributed by atoms with Crippen molar-refractivity contribution in [1.29, 1.82) is 0 Å². The Labute approximate surface area is 224 Å². The Balaban J connectivity index is 1.19. The first-order valence-electron chi connectivity index (χ1n) is 13.5. The normalized spacial score (nSPS) is 15.9. The molecule has 3 heteroatoms. The lowest BCUT2D eigenvalue weighted by molar-refractivity contribution is 0.159. The van der Waals surface area contributed by atoms with Crippen LogP contribution in [0, 0.1) is 5.82 Å². The van der Waals surface area contributed by atoms with Gasteiger partial charge in [-0.3, -0.25) is 0 Å². The third-order valence-corrected chi connectivity index (χ3v) is 7.69. The summed E-state index contributed by atoms with van der Waals surface area (Å²) in [4.78, 5) is 2.56. The topological polar surface area (TPSA) is 12.5 Å². The predicted octanol–water partition coefficient (Wildman–Crippen LogP) is 8.42. The summed E-state index contributed by atoms with van der Waals surface area (Å²) < 4.78 is 19.8. The van der Waals surface area contributed by atoms with E-state index >= 15 is 0 Å². The number of likely N-dealkylation sites (tertiary alicyclic amines) is 1. The van der Waals surface area contributed by atoms with Crippen molar-refractivity contribution in [2.24, 2.45) is 0 Å². The molecule has 1 fully saturated rings. The lowest BCUT2D eigenvalue weighted by Crippen LogP contribution is -2.33. The van der Waals surface area contributed by atoms with E-state index in [0.717, 1.165) is 44.5 Å². The van der Waals surface area contributed by atoms with Crippen LogP contribution in [0.2, 0.25) is 0 Å². The van der Waals surface area contributed by atoms with Crippen LogP contribution in [0.25, 0.3) is 17.7 Å². The van der Waals surface area contributed by atoms with Crippen LogP contribution in [-0.4, -0.2) is 24.5 Å². The summed E-state index contributed by atoms with van der Waals surface area (Å²) in [6, 6.07) is 34.2. The van der Waals surface area contributed by atoms with Gasteiger partial charge in [0, 0.05) is 26.1 Å². The van der Waals surface area contributed by atoms with Crippen LogP contribution in [0.4, 0.5) is 4.39 Å². The Hall–Kier alpha value is -3.95. The van der Waals surface area contributed by atoms with Gasteiger partial charge in [-0.15, -0.1) is 0 Å². The molecule has 1 aliphatic heterocycles. The third kappa shape index (κ3) is 5.34. The van der Waals surface area contributed by atoms with E-state index in [1.807, 2.05) is 18.2 Å². The summed E-state index contributed by atoms with van der Waals surface area (Å²) in [7, 11) is 0. The molecule has 2 aliphatic rings. The van der Waals surface area contributed by atoms with E-state index in [4.69, 9.17) is 4.74 Å². The van der Waals surface area contributed by atoms with Gasteiger partial charge in [0.05, 0.1) is 0 Å². The standard InChI is InChI=1S/C35H32FNO/c36-30-16-18-31(19-17-30)38-34(28-10-2-1-3-11-28)22-25-37-23-20-29(21-24-37)35-32-12-6-4-8-26(32)14-15-27-9-5-7-13-33(27)35/h1-19,34H,20-25H2. The number of hydrogen-bond donors (Lipinski definition) is 0. The molecule has 0 radical (unpaired) electrons. The molecule has 1 aliphatic carbocycles. The number of ether oxygens (including phenoxy) is 1. The van der Waals surface area contributed by atoms with Crippen molar-refractivity contribution in [1.82, 2.24) is 4.90 Å². The number of nitrogens with zero attached hydrogens (tertiary/aromatic N) is 1. The van der Waals surface area contributed by atoms with Crippen LogP contribution >= 0.6 is 0 Å². The van der Waals surface area contributed by atoms with Crippen molar-refractivity contribution in [2.75, 3.05) is 19.6 Å². The first-order valence-corrected chi connectivity index (χ1v) is 13.5. The van der Waals surface area contributed by atoms with Crippen molar-refractivity contribution in [3.63, 3.8) is 0 Å². The molecule has 0 bridgehead atoms. The second-order valence-corrected chi connectivity index (χ2v) is 10.1. The minimum Gasteiger partial charge on any atom is -0.486 e. The molecular weight excluding hydrogens is 469 g/mol. The van der Waals surface area contributed by atoms with Crippen LogP contribution in [0.5, 0.6) is 5.75 Å². The molecule has 6 rings (SSSR count). The maximum absolute atomic E-state index is 13.4. The molecule has 0 saturated carbocycles. The highest BCUT2D eigenvalue weighted by molar-refractivity contribution is 5.94. The average Bonchev–Trinajstić information content (AvgIpc) is 3.14. The monoisotopic (exact) mass is 501 g/mol. The summed E-state index contributed by atoms with van der Waals surface area (Å²) in [6.07, 6.45) is 7.43. The van der Waals surface area contributed by atoms with Crippen LogP contribution < -0.4 is 4.74 Å². The molecule has 0 spiro atoms. The van der Waals surface area contributed by atoms with Gasteiger partial charge < -0.3 is 9.64 Å². The quantitative estimate of drug-likeness (QED) is 0.232. The highest BCUT2D eigenvalue weighted by Gasteiger charge is 2.23. The van der Waals surface area contributed by atoms with Gasteiger partial charge in [0.15, 0.2) is 0 Å². The van der Waals surface area contributed by atoms with Crippen molar-refractivity contribution in [3.8, 4) is 5.75 Å². The molecule has 4 aromatic carbocycles. The van der Waals surface area contributed by atoms with E-state index in [1.54, 1.807) is 17.7 Å². The van der Waals surface area contributed by atoms with Crippen molar-refractivity contribution in [3.05, 3.63) is 142 Å². The molecule has 4 aromatic rings. The SMILES string of the molecule is Fc1ccc(OC(CCN2CCC(=C3c4ccccc4C=Cc4ccccc43)CC2)c2ccccc2)cc1. The Morgan fingerprint density at radius 2 is 1.26 bits per heavy atom. The molecule has 38 heavy (non-hydrogen) atoms. The lowest BCUT2D eigenvalue weighted by atomic mass is 9.86. The number of halogens is 1. The number of benzene rings is 4. The molecule has 190 valence electrons. The van der Waals surface area contributed by atoms with E-state index < -0.39 is 0 Å². The number of piperidine rings is 1. The maximum Gasteiger partial charge on any atom is 0.125 e. The molecule has 1 heterocycles. The van der Waals surface area contributed by atoms with Crippen LogP contribution in [0.1, 0.15) is 53.2 Å². The summed E-state index contributed by atoms with van der Waals surface area (Å²) >= 11 is 0. The maximum atomic E-state index is 13.4. The molecule has 0 amide bonds. The van der Waals surface area contributed by atoms with Gasteiger partial charge in [-0.1, -0.05) is 96.6 Å². The highest BCUT2D eigenvalue weighted by atomic mass is 19.1. The van der Waals surface area contributed by atoms with Gasteiger partial charge in [-0.2, -0.15) is 0 Å². The van der Waals surface area contributed by atoms with E-state index in [2.05, 4.69) is 77.7 Å². The number of hydrogen-bond acceptors (Lipinski definition) is 2. The van der Waals surface area contributed by atoms with E-state index in [9.17, 15) is 4.39 Å². The largest absolute Gasteiger partial charge is 0.486 e. The lowest BCUT2D eigenvalue weighted by Gasteiger charge is -2.31. The number of rotatable bonds is 6. The van der Waals surface area contributed by atoms with Crippen LogP contribution in [0.15, 0.2) is 109 Å². The summed E-state index contributed by atoms with van der Waals surface area (Å²) in [5.74, 6) is 0.451. The second kappa shape index (κ2) is 11.2. The molecular formula is C35H32FNO. The molecule has 2 nitrogen and oxygen atoms in total. The Morgan fingerprint density at radius 1 is 0.684 bits per heavy atom. The van der Waals surface area contributed by atoms with Gasteiger partial charge in [-0.05, 0) is 70.5 Å². The van der Waals surface area contributed by atoms with Gasteiger partial charge in [0.1, 0.15) is 17.7 Å². The first-order chi connectivity index (χ1) is 18.7. The summed E-state index contributed by atoms with van der Waals surface area (Å²) in [6.45, 7) is 3.03. The zero-order valence-electron chi connectivity index (χ0n) is 21.5. The highest BCUT2D eigenvalue weighted by Crippen LogP contribution is 2.39. The van der Waals surface area contributed by atoms with Crippen molar-refractivity contribution >= 4 is 17.7 Å². The zero-order valence-corrected chi connectivity index (χ0v) is 21.5. The summed E-state index contributed by atoms with van der Waals surface area (Å²) in [5, 5.41) is 0. The molecule has 1 saturated heterocycles. The Morgan fingerprint density at radius 3 is 1.89 bits per heavy atom. The fourth-order valence-corrected chi connectivity index (χ4v) is 5.68. The van der Waals surface area contributed by atoms with Gasteiger partial charge in [0.2, 0.25) is 0 Å². The zero-order chi connectivity index (χ0) is 25.7. The number of fused-ring (bicyclic) bond motifs is 2. The Bertz CT molecular complexity index is 1390. The molecule has 0 N–H and O–H groups in total. The van der Waals surface area contributed by atoms with E-state index in [1.165, 1.54) is 40.0 Å². The van der Waals surface area contributed by atoms with Crippen molar-refractivity contribution < 1.29 is 9.13 Å². The van der Waals surface area contributed by atoms with E-state index in [0.29, 0.717) is 5.75 Å². The van der Waals surface area contributed by atoms with E-state index in [-0.39, 0.29) is 11.9 Å². The minimum atomic E-state index is -0.249.